The van der Waals surface area contributed by atoms with E-state index < -0.39 is 21.3 Å². The minimum atomic E-state index is -3.57. The molecule has 24 heavy (non-hydrogen) atoms. The minimum Gasteiger partial charge on any atom is -0.341 e. The van der Waals surface area contributed by atoms with Gasteiger partial charge in [-0.2, -0.15) is 0 Å². The first kappa shape index (κ1) is 17.4. The molecule has 2 saturated heterocycles. The molecule has 3 rings (SSSR count). The fraction of sp³-hybridized carbons (Fsp3) is 0.588. The van der Waals surface area contributed by atoms with Crippen molar-refractivity contribution in [3.05, 3.63) is 35.9 Å². The van der Waals surface area contributed by atoms with Gasteiger partial charge in [0.25, 0.3) is 0 Å². The Morgan fingerprint density at radius 3 is 2.33 bits per heavy atom. The molecule has 0 bridgehead atoms. The first-order valence-electron chi connectivity index (χ1n) is 8.56. The third-order valence-corrected chi connectivity index (χ3v) is 6.34. The van der Waals surface area contributed by atoms with E-state index in [1.54, 1.807) is 0 Å². The van der Waals surface area contributed by atoms with Gasteiger partial charge in [0, 0.05) is 26.2 Å². The van der Waals surface area contributed by atoms with Gasteiger partial charge in [-0.3, -0.25) is 9.69 Å². The van der Waals surface area contributed by atoms with E-state index in [1.807, 2.05) is 40.1 Å². The van der Waals surface area contributed by atoms with Crippen molar-refractivity contribution in [2.75, 3.05) is 26.2 Å². The summed E-state index contributed by atoms with van der Waals surface area (Å²) in [6.45, 7) is 2.46. The zero-order valence-electron chi connectivity index (χ0n) is 13.8. The highest BCUT2D eigenvalue weighted by molar-refractivity contribution is 7.89. The van der Waals surface area contributed by atoms with Gasteiger partial charge < -0.3 is 4.90 Å². The van der Waals surface area contributed by atoms with Crippen LogP contribution in [0.15, 0.2) is 30.3 Å². The van der Waals surface area contributed by atoms with E-state index in [4.69, 9.17) is 5.14 Å². The van der Waals surface area contributed by atoms with Crippen LogP contribution in [0.2, 0.25) is 0 Å². The van der Waals surface area contributed by atoms with Crippen LogP contribution in [0.3, 0.4) is 0 Å². The van der Waals surface area contributed by atoms with Crippen LogP contribution >= 0.6 is 0 Å². The fourth-order valence-corrected chi connectivity index (χ4v) is 4.52. The number of hydrogen-bond donors (Lipinski definition) is 1. The molecule has 0 saturated carbocycles. The van der Waals surface area contributed by atoms with E-state index in [0.717, 1.165) is 37.9 Å². The van der Waals surface area contributed by atoms with Crippen molar-refractivity contribution in [3.63, 3.8) is 0 Å². The van der Waals surface area contributed by atoms with Crippen LogP contribution in [-0.2, 0) is 14.8 Å². The first-order chi connectivity index (χ1) is 11.5. The summed E-state index contributed by atoms with van der Waals surface area (Å²) in [7, 11) is -3.57. The number of primary sulfonamides is 1. The molecule has 132 valence electrons. The van der Waals surface area contributed by atoms with Crippen LogP contribution in [0, 0.1) is 0 Å². The molecule has 6 nitrogen and oxygen atoms in total. The van der Waals surface area contributed by atoms with Gasteiger partial charge in [0.1, 0.15) is 6.04 Å². The third-order valence-electron chi connectivity index (χ3n) is 5.02. The van der Waals surface area contributed by atoms with Crippen molar-refractivity contribution in [2.24, 2.45) is 5.14 Å². The average Bonchev–Trinajstić information content (AvgIpc) is 3.07. The van der Waals surface area contributed by atoms with Crippen molar-refractivity contribution in [1.82, 2.24) is 9.80 Å². The lowest BCUT2D eigenvalue weighted by Crippen LogP contribution is -2.45. The van der Waals surface area contributed by atoms with Crippen LogP contribution in [0.1, 0.15) is 37.3 Å². The average molecular weight is 351 g/mol. The highest BCUT2D eigenvalue weighted by Crippen LogP contribution is 2.29. The quantitative estimate of drug-likeness (QED) is 0.880. The summed E-state index contributed by atoms with van der Waals surface area (Å²) in [5.41, 5.74) is 0.920. The van der Waals surface area contributed by atoms with Gasteiger partial charge in [0.05, 0.1) is 5.25 Å². The highest BCUT2D eigenvalue weighted by atomic mass is 32.2. The predicted octanol–water partition coefficient (Wildman–Crippen LogP) is 1.10. The molecule has 2 aliphatic heterocycles. The largest absolute Gasteiger partial charge is 0.341 e. The molecular weight excluding hydrogens is 326 g/mol. The fourth-order valence-electron chi connectivity index (χ4n) is 3.69. The zero-order chi connectivity index (χ0) is 17.2. The predicted molar refractivity (Wildman–Crippen MR) is 92.7 cm³/mol. The number of piperidine rings is 1. The molecule has 1 aromatic carbocycles. The van der Waals surface area contributed by atoms with E-state index in [9.17, 15) is 13.2 Å². The van der Waals surface area contributed by atoms with E-state index in [2.05, 4.69) is 0 Å². The van der Waals surface area contributed by atoms with Crippen molar-refractivity contribution in [3.8, 4) is 0 Å². The summed E-state index contributed by atoms with van der Waals surface area (Å²) >= 11 is 0. The van der Waals surface area contributed by atoms with Crippen LogP contribution < -0.4 is 5.14 Å². The number of carbonyl (C=O) groups excluding carboxylic acids is 1. The Labute approximate surface area is 143 Å². The Morgan fingerprint density at radius 2 is 1.75 bits per heavy atom. The van der Waals surface area contributed by atoms with Crippen molar-refractivity contribution in [2.45, 2.75) is 37.0 Å². The molecule has 2 N–H and O–H groups in total. The molecular formula is C17H25N3O3S. The van der Waals surface area contributed by atoms with Crippen molar-refractivity contribution < 1.29 is 13.2 Å². The third kappa shape index (κ3) is 3.79. The Kier molecular flexibility index (Phi) is 5.22. The highest BCUT2D eigenvalue weighted by Gasteiger charge is 2.39. The monoisotopic (exact) mass is 351 g/mol. The molecule has 2 aliphatic rings. The number of likely N-dealkylation sites (tertiary alicyclic amines) is 2. The minimum absolute atomic E-state index is 0.0796. The van der Waals surface area contributed by atoms with E-state index >= 15 is 0 Å². The molecule has 0 spiro atoms. The molecule has 1 aromatic rings. The van der Waals surface area contributed by atoms with Crippen LogP contribution in [0.4, 0.5) is 0 Å². The summed E-state index contributed by atoms with van der Waals surface area (Å²) < 4.78 is 23.3. The van der Waals surface area contributed by atoms with Gasteiger partial charge >= 0.3 is 0 Å². The maximum Gasteiger partial charge on any atom is 0.244 e. The van der Waals surface area contributed by atoms with E-state index in [0.29, 0.717) is 19.5 Å². The number of nitrogens with two attached hydrogens (primary N) is 1. The smallest absolute Gasteiger partial charge is 0.244 e. The zero-order valence-corrected chi connectivity index (χ0v) is 14.6. The second kappa shape index (κ2) is 7.21. The lowest BCUT2D eigenvalue weighted by molar-refractivity contribution is -0.137. The van der Waals surface area contributed by atoms with Gasteiger partial charge in [-0.05, 0) is 31.2 Å². The molecule has 0 aromatic heterocycles. The molecule has 0 aliphatic carbocycles. The molecule has 2 fully saturated rings. The molecule has 0 unspecified atom stereocenters. The molecule has 0 radical (unpaired) electrons. The molecule has 2 atom stereocenters. The lowest BCUT2D eigenvalue weighted by atomic mass is 10.0. The number of nitrogens with zero attached hydrogens (tertiary/aromatic N) is 2. The molecule has 2 heterocycles. The number of rotatable bonds is 4. The lowest BCUT2D eigenvalue weighted by Gasteiger charge is -2.34. The van der Waals surface area contributed by atoms with E-state index in [1.165, 1.54) is 0 Å². The maximum absolute atomic E-state index is 13.1. The summed E-state index contributed by atoms with van der Waals surface area (Å²) in [5.74, 6) is 0.0796. The van der Waals surface area contributed by atoms with Gasteiger partial charge in [0.2, 0.25) is 15.9 Å². The number of carbonyl (C=O) groups is 1. The Bertz CT molecular complexity index is 672. The first-order valence-corrected chi connectivity index (χ1v) is 10.2. The van der Waals surface area contributed by atoms with Gasteiger partial charge in [-0.1, -0.05) is 30.3 Å². The topological polar surface area (TPSA) is 83.7 Å². The summed E-state index contributed by atoms with van der Waals surface area (Å²) in [4.78, 5) is 17.0. The van der Waals surface area contributed by atoms with E-state index in [-0.39, 0.29) is 5.91 Å². The Balaban J connectivity index is 1.84. The SMILES string of the molecule is NS(=O)(=O)[C@H]1CCN([C@H](C(=O)N2CCCCC2)c2ccccc2)C1. The second-order valence-electron chi connectivity index (χ2n) is 6.69. The number of benzene rings is 1. The van der Waals surface area contributed by atoms with Crippen LogP contribution in [-0.4, -0.2) is 55.6 Å². The number of amides is 1. The summed E-state index contributed by atoms with van der Waals surface area (Å²) in [6, 6.07) is 9.21. The Hall–Kier alpha value is -1.44. The molecule has 1 amide bonds. The Morgan fingerprint density at radius 1 is 1.08 bits per heavy atom. The number of sulfonamides is 1. The maximum atomic E-state index is 13.1. The standard InChI is InChI=1S/C17H25N3O3S/c18-24(22,23)15-9-12-20(13-15)16(14-7-3-1-4-8-14)17(21)19-10-5-2-6-11-19/h1,3-4,7-8,15-16H,2,5-6,9-13H2,(H2,18,22,23)/t15-,16-/m0/s1. The van der Waals surface area contributed by atoms with Crippen molar-refractivity contribution in [1.29, 1.82) is 0 Å². The van der Waals surface area contributed by atoms with Crippen molar-refractivity contribution >= 4 is 15.9 Å². The van der Waals surface area contributed by atoms with Crippen LogP contribution in [0.5, 0.6) is 0 Å². The van der Waals surface area contributed by atoms with Crippen LogP contribution in [0.25, 0.3) is 0 Å². The number of hydrogen-bond acceptors (Lipinski definition) is 4. The summed E-state index contributed by atoms with van der Waals surface area (Å²) in [6.07, 6.45) is 3.71. The van der Waals surface area contributed by atoms with Gasteiger partial charge in [-0.25, -0.2) is 13.6 Å². The van der Waals surface area contributed by atoms with Gasteiger partial charge in [0.15, 0.2) is 0 Å². The molecule has 7 heteroatoms. The normalized spacial score (nSPS) is 24.0. The van der Waals surface area contributed by atoms with Gasteiger partial charge in [-0.15, -0.1) is 0 Å². The summed E-state index contributed by atoms with van der Waals surface area (Å²) in [5, 5.41) is 4.73. The second-order valence-corrected chi connectivity index (χ2v) is 8.54.